The topological polar surface area (TPSA) is 93.5 Å². The highest BCUT2D eigenvalue weighted by atomic mass is 16.2. The van der Waals surface area contributed by atoms with Crippen LogP contribution in [-0.4, -0.2) is 54.2 Å². The average Bonchev–Trinajstić information content (AvgIpc) is 2.73. The number of hydrogen-bond donors (Lipinski definition) is 1. The van der Waals surface area contributed by atoms with Crippen molar-refractivity contribution in [2.45, 2.75) is 25.7 Å². The first-order valence-corrected chi connectivity index (χ1v) is 9.40. The monoisotopic (exact) mass is 368 g/mol. The minimum Gasteiger partial charge on any atom is -0.342 e. The summed E-state index contributed by atoms with van der Waals surface area (Å²) in [5.74, 6) is -0.0258. The lowest BCUT2D eigenvalue weighted by molar-refractivity contribution is -0.140. The summed E-state index contributed by atoms with van der Waals surface area (Å²) < 4.78 is 0. The first-order chi connectivity index (χ1) is 13.1. The van der Waals surface area contributed by atoms with Gasteiger partial charge in [-0.15, -0.1) is 0 Å². The van der Waals surface area contributed by atoms with Gasteiger partial charge in [0.15, 0.2) is 0 Å². The standard InChI is InChI=1S/C20H24N4O3/c21-13-15-2-1-3-18(12-15)22-19(26)16-4-6-17(7-5-16)20(27)24-10-8-23(14-25)9-11-24/h1-3,12,14,16-17H,4-11H2,(H,22,26). The highest BCUT2D eigenvalue weighted by Crippen LogP contribution is 2.31. The molecule has 27 heavy (non-hydrogen) atoms. The van der Waals surface area contributed by atoms with Crippen molar-refractivity contribution in [3.8, 4) is 6.07 Å². The maximum Gasteiger partial charge on any atom is 0.227 e. The summed E-state index contributed by atoms with van der Waals surface area (Å²) in [6.45, 7) is 2.37. The Hall–Kier alpha value is -2.88. The number of carbonyl (C=O) groups is 3. The van der Waals surface area contributed by atoms with Crippen LogP contribution >= 0.6 is 0 Å². The first-order valence-electron chi connectivity index (χ1n) is 9.40. The third kappa shape index (κ3) is 4.64. The first kappa shape index (κ1) is 18.9. The van der Waals surface area contributed by atoms with Gasteiger partial charge in [0.1, 0.15) is 0 Å². The summed E-state index contributed by atoms with van der Waals surface area (Å²) in [6, 6.07) is 8.93. The summed E-state index contributed by atoms with van der Waals surface area (Å²) in [7, 11) is 0. The zero-order chi connectivity index (χ0) is 19.2. The number of piperazine rings is 1. The fraction of sp³-hybridized carbons (Fsp3) is 0.500. The molecule has 0 atom stereocenters. The number of benzene rings is 1. The molecule has 3 rings (SSSR count). The lowest BCUT2D eigenvalue weighted by atomic mass is 9.80. The molecule has 1 aromatic rings. The summed E-state index contributed by atoms with van der Waals surface area (Å²) >= 11 is 0. The zero-order valence-corrected chi connectivity index (χ0v) is 15.3. The summed E-state index contributed by atoms with van der Waals surface area (Å²) in [5, 5.41) is 11.8. The Morgan fingerprint density at radius 2 is 1.74 bits per heavy atom. The Balaban J connectivity index is 1.48. The second-order valence-corrected chi connectivity index (χ2v) is 7.20. The molecule has 7 nitrogen and oxygen atoms in total. The van der Waals surface area contributed by atoms with Gasteiger partial charge in [-0.25, -0.2) is 0 Å². The number of rotatable bonds is 4. The molecule has 1 saturated carbocycles. The van der Waals surface area contributed by atoms with E-state index in [0.717, 1.165) is 6.41 Å². The Bertz CT molecular complexity index is 742. The molecule has 1 aliphatic heterocycles. The van der Waals surface area contributed by atoms with Crippen molar-refractivity contribution < 1.29 is 14.4 Å². The Morgan fingerprint density at radius 1 is 1.07 bits per heavy atom. The van der Waals surface area contributed by atoms with E-state index in [1.807, 2.05) is 4.90 Å². The third-order valence-electron chi connectivity index (χ3n) is 5.48. The van der Waals surface area contributed by atoms with Crippen LogP contribution in [0.4, 0.5) is 5.69 Å². The molecule has 0 spiro atoms. The molecule has 2 aliphatic rings. The molecule has 3 amide bonds. The van der Waals surface area contributed by atoms with Crippen molar-refractivity contribution in [3.63, 3.8) is 0 Å². The molecular weight excluding hydrogens is 344 g/mol. The van der Waals surface area contributed by atoms with Crippen molar-refractivity contribution >= 4 is 23.9 Å². The van der Waals surface area contributed by atoms with Gasteiger partial charge in [-0.2, -0.15) is 5.26 Å². The van der Waals surface area contributed by atoms with E-state index in [2.05, 4.69) is 11.4 Å². The molecule has 0 radical (unpaired) electrons. The van der Waals surface area contributed by atoms with Crippen molar-refractivity contribution in [1.29, 1.82) is 5.26 Å². The summed E-state index contributed by atoms with van der Waals surface area (Å²) in [6.07, 6.45) is 3.63. The van der Waals surface area contributed by atoms with Gasteiger partial charge in [-0.1, -0.05) is 6.07 Å². The molecular formula is C20H24N4O3. The van der Waals surface area contributed by atoms with Gasteiger partial charge in [0.05, 0.1) is 11.6 Å². The minimum atomic E-state index is -0.105. The molecule has 7 heteroatoms. The largest absolute Gasteiger partial charge is 0.342 e. The van der Waals surface area contributed by atoms with Crippen LogP contribution in [0.3, 0.4) is 0 Å². The van der Waals surface area contributed by atoms with Crippen molar-refractivity contribution in [2.24, 2.45) is 11.8 Å². The SMILES string of the molecule is N#Cc1cccc(NC(=O)C2CCC(C(=O)N3CCN(C=O)CC3)CC2)c1. The third-order valence-corrected chi connectivity index (χ3v) is 5.48. The molecule has 2 fully saturated rings. The van der Waals surface area contributed by atoms with Gasteiger partial charge in [0.25, 0.3) is 0 Å². The lowest BCUT2D eigenvalue weighted by Gasteiger charge is -2.36. The number of amides is 3. The van der Waals surface area contributed by atoms with E-state index in [-0.39, 0.29) is 23.7 Å². The van der Waals surface area contributed by atoms with E-state index in [9.17, 15) is 14.4 Å². The summed E-state index contributed by atoms with van der Waals surface area (Å²) in [4.78, 5) is 39.5. The number of nitriles is 1. The molecule has 0 aromatic heterocycles. The van der Waals surface area contributed by atoms with Crippen LogP contribution in [0.25, 0.3) is 0 Å². The fourth-order valence-corrected chi connectivity index (χ4v) is 3.82. The molecule has 0 bridgehead atoms. The molecule has 1 aromatic carbocycles. The molecule has 1 heterocycles. The molecule has 142 valence electrons. The van der Waals surface area contributed by atoms with E-state index in [0.29, 0.717) is 63.1 Å². The van der Waals surface area contributed by atoms with Gasteiger partial charge in [0.2, 0.25) is 18.2 Å². The van der Waals surface area contributed by atoms with E-state index in [4.69, 9.17) is 5.26 Å². The number of nitrogens with one attached hydrogen (secondary N) is 1. The predicted molar refractivity (Wildman–Crippen MR) is 99.5 cm³/mol. The van der Waals surface area contributed by atoms with Gasteiger partial charge >= 0.3 is 0 Å². The van der Waals surface area contributed by atoms with E-state index >= 15 is 0 Å². The number of carbonyl (C=O) groups excluding carboxylic acids is 3. The van der Waals surface area contributed by atoms with Gasteiger partial charge in [-0.05, 0) is 43.9 Å². The fourth-order valence-electron chi connectivity index (χ4n) is 3.82. The molecule has 1 N–H and O–H groups in total. The molecule has 1 aliphatic carbocycles. The maximum absolute atomic E-state index is 12.7. The van der Waals surface area contributed by atoms with Crippen LogP contribution in [0.1, 0.15) is 31.2 Å². The quantitative estimate of drug-likeness (QED) is 0.817. The summed E-state index contributed by atoms with van der Waals surface area (Å²) in [5.41, 5.74) is 1.14. The predicted octanol–water partition coefficient (Wildman–Crippen LogP) is 1.60. The van der Waals surface area contributed by atoms with Gasteiger partial charge < -0.3 is 15.1 Å². The minimum absolute atomic E-state index is 0.0289. The highest BCUT2D eigenvalue weighted by Gasteiger charge is 2.33. The van der Waals surface area contributed by atoms with Gasteiger partial charge in [0, 0.05) is 43.7 Å². The second-order valence-electron chi connectivity index (χ2n) is 7.20. The van der Waals surface area contributed by atoms with E-state index in [1.165, 1.54) is 0 Å². The van der Waals surface area contributed by atoms with Crippen LogP contribution in [-0.2, 0) is 14.4 Å². The number of anilines is 1. The Kier molecular flexibility index (Phi) is 6.07. The average molecular weight is 368 g/mol. The van der Waals surface area contributed by atoms with Crippen molar-refractivity contribution in [2.75, 3.05) is 31.5 Å². The lowest BCUT2D eigenvalue weighted by Crippen LogP contribution is -2.50. The van der Waals surface area contributed by atoms with Gasteiger partial charge in [-0.3, -0.25) is 14.4 Å². The number of nitrogens with zero attached hydrogens (tertiary/aromatic N) is 3. The van der Waals surface area contributed by atoms with Crippen LogP contribution in [0.15, 0.2) is 24.3 Å². The maximum atomic E-state index is 12.7. The Labute approximate surface area is 158 Å². The zero-order valence-electron chi connectivity index (χ0n) is 15.3. The van der Waals surface area contributed by atoms with Crippen LogP contribution in [0.5, 0.6) is 0 Å². The molecule has 0 unspecified atom stereocenters. The van der Waals surface area contributed by atoms with Crippen molar-refractivity contribution in [1.82, 2.24) is 9.80 Å². The van der Waals surface area contributed by atoms with E-state index in [1.54, 1.807) is 29.2 Å². The number of hydrogen-bond acceptors (Lipinski definition) is 4. The highest BCUT2D eigenvalue weighted by molar-refractivity contribution is 5.93. The smallest absolute Gasteiger partial charge is 0.227 e. The normalized spacial score (nSPS) is 22.6. The van der Waals surface area contributed by atoms with Crippen LogP contribution < -0.4 is 5.32 Å². The molecule has 1 saturated heterocycles. The second kappa shape index (κ2) is 8.67. The van der Waals surface area contributed by atoms with E-state index < -0.39 is 0 Å². The van der Waals surface area contributed by atoms with Crippen LogP contribution in [0.2, 0.25) is 0 Å². The van der Waals surface area contributed by atoms with Crippen molar-refractivity contribution in [3.05, 3.63) is 29.8 Å². The van der Waals surface area contributed by atoms with Crippen LogP contribution in [0, 0.1) is 23.2 Å². The Morgan fingerprint density at radius 3 is 2.37 bits per heavy atom.